The Hall–Kier alpha value is -1.76. The van der Waals surface area contributed by atoms with Gasteiger partial charge in [0.15, 0.2) is 0 Å². The van der Waals surface area contributed by atoms with Crippen molar-refractivity contribution in [1.82, 2.24) is 0 Å². The molecule has 0 unspecified atom stereocenters. The second kappa shape index (κ2) is 5.92. The first-order valence-corrected chi connectivity index (χ1v) is 5.48. The van der Waals surface area contributed by atoms with Crippen LogP contribution in [0.15, 0.2) is 18.2 Å². The molecule has 1 aromatic carbocycles. The molecule has 1 rings (SSSR count). The fourth-order valence-corrected chi connectivity index (χ4v) is 1.44. The molecular weight excluding hydrogens is 263 g/mol. The Morgan fingerprint density at radius 3 is 2.63 bits per heavy atom. The lowest BCUT2D eigenvalue weighted by molar-refractivity contribution is -0.174. The first-order valence-electron chi connectivity index (χ1n) is 5.48. The highest BCUT2D eigenvalue weighted by molar-refractivity contribution is 5.79. The molecule has 0 radical (unpaired) electrons. The van der Waals surface area contributed by atoms with Crippen molar-refractivity contribution in [2.45, 2.75) is 18.9 Å². The molecule has 0 fully saturated rings. The molecule has 0 spiro atoms. The summed E-state index contributed by atoms with van der Waals surface area (Å²) in [4.78, 5) is 11.1. The molecule has 0 bridgehead atoms. The zero-order chi connectivity index (χ0) is 14.6. The van der Waals surface area contributed by atoms with E-state index in [1.165, 1.54) is 20.1 Å². The average Bonchev–Trinajstić information content (AvgIpc) is 2.38. The van der Waals surface area contributed by atoms with E-state index in [1.807, 2.05) is 0 Å². The van der Waals surface area contributed by atoms with E-state index in [1.54, 1.807) is 0 Å². The fraction of sp³-hybridized carbons (Fsp3) is 0.417. The molecule has 1 aromatic rings. The van der Waals surface area contributed by atoms with E-state index in [2.05, 4.69) is 4.74 Å². The first-order chi connectivity index (χ1) is 8.84. The first kappa shape index (κ1) is 15.3. The van der Waals surface area contributed by atoms with Gasteiger partial charge in [0.1, 0.15) is 17.6 Å². The van der Waals surface area contributed by atoms with Gasteiger partial charge in [-0.15, -0.1) is 0 Å². The van der Waals surface area contributed by atoms with Gasteiger partial charge in [-0.25, -0.2) is 9.18 Å². The van der Waals surface area contributed by atoms with Crippen molar-refractivity contribution in [2.24, 2.45) is 5.73 Å². The number of methoxy groups -OCH3 is 1. The molecule has 0 aliphatic rings. The van der Waals surface area contributed by atoms with Gasteiger partial charge in [0, 0.05) is 5.56 Å². The third-order valence-corrected chi connectivity index (χ3v) is 2.48. The van der Waals surface area contributed by atoms with Gasteiger partial charge in [-0.1, -0.05) is 0 Å². The minimum atomic E-state index is -4.02. The standard InChI is InChI=1S/C12H14F3NO3/c1-3-19-11(17)12(14,15)10(16)8-6-7(18-2)4-5-9(8)13/h4-6,10H,3,16H2,1-2H3/t10-/m0/s1. The molecule has 0 heterocycles. The van der Waals surface area contributed by atoms with Crippen molar-refractivity contribution in [3.63, 3.8) is 0 Å². The van der Waals surface area contributed by atoms with E-state index in [0.29, 0.717) is 0 Å². The Balaban J connectivity index is 3.11. The second-order valence-corrected chi connectivity index (χ2v) is 3.71. The Bertz CT molecular complexity index is 466. The van der Waals surface area contributed by atoms with Crippen LogP contribution >= 0.6 is 0 Å². The molecule has 7 heteroatoms. The average molecular weight is 277 g/mol. The third-order valence-electron chi connectivity index (χ3n) is 2.48. The minimum Gasteiger partial charge on any atom is -0.497 e. The predicted molar refractivity (Wildman–Crippen MR) is 61.5 cm³/mol. The fourth-order valence-electron chi connectivity index (χ4n) is 1.44. The summed E-state index contributed by atoms with van der Waals surface area (Å²) in [6.07, 6.45) is 0. The number of halogens is 3. The lowest BCUT2D eigenvalue weighted by atomic mass is 10.0. The molecule has 19 heavy (non-hydrogen) atoms. The number of carbonyl (C=O) groups is 1. The van der Waals surface area contributed by atoms with Crippen LogP contribution in [0.4, 0.5) is 13.2 Å². The SMILES string of the molecule is CCOC(=O)C(F)(F)[C@@H](N)c1cc(OC)ccc1F. The van der Waals surface area contributed by atoms with Crippen LogP contribution in [0.2, 0.25) is 0 Å². The lowest BCUT2D eigenvalue weighted by Gasteiger charge is -2.22. The number of alkyl halides is 2. The summed E-state index contributed by atoms with van der Waals surface area (Å²) < 4.78 is 49.9. The van der Waals surface area contributed by atoms with Crippen LogP contribution in [-0.4, -0.2) is 25.6 Å². The molecule has 0 amide bonds. The van der Waals surface area contributed by atoms with Crippen LogP contribution in [0.1, 0.15) is 18.5 Å². The highest BCUT2D eigenvalue weighted by Crippen LogP contribution is 2.33. The molecule has 1 atom stereocenters. The number of hydrogen-bond donors (Lipinski definition) is 1. The van der Waals surface area contributed by atoms with Gasteiger partial charge < -0.3 is 15.2 Å². The summed E-state index contributed by atoms with van der Waals surface area (Å²) in [5.41, 5.74) is 4.77. The Morgan fingerprint density at radius 2 is 2.11 bits per heavy atom. The summed E-state index contributed by atoms with van der Waals surface area (Å²) in [7, 11) is 1.30. The molecule has 0 aliphatic heterocycles. The van der Waals surface area contributed by atoms with Crippen LogP contribution in [0.5, 0.6) is 5.75 Å². The van der Waals surface area contributed by atoms with Gasteiger partial charge in [0.25, 0.3) is 0 Å². The van der Waals surface area contributed by atoms with Gasteiger partial charge in [-0.2, -0.15) is 8.78 Å². The molecular formula is C12H14F3NO3. The minimum absolute atomic E-state index is 0.159. The van der Waals surface area contributed by atoms with E-state index in [4.69, 9.17) is 10.5 Å². The highest BCUT2D eigenvalue weighted by atomic mass is 19.3. The Morgan fingerprint density at radius 1 is 1.47 bits per heavy atom. The quantitative estimate of drug-likeness (QED) is 0.836. The number of nitrogens with two attached hydrogens (primary N) is 1. The normalized spacial score (nSPS) is 12.9. The zero-order valence-electron chi connectivity index (χ0n) is 10.5. The van der Waals surface area contributed by atoms with Gasteiger partial charge >= 0.3 is 11.9 Å². The molecule has 0 saturated heterocycles. The number of carbonyl (C=O) groups excluding carboxylic acids is 1. The molecule has 0 aliphatic carbocycles. The lowest BCUT2D eigenvalue weighted by Crippen LogP contribution is -2.42. The van der Waals surface area contributed by atoms with Crippen molar-refractivity contribution < 1.29 is 27.4 Å². The largest absolute Gasteiger partial charge is 0.497 e. The van der Waals surface area contributed by atoms with E-state index in [-0.39, 0.29) is 12.4 Å². The van der Waals surface area contributed by atoms with Crippen LogP contribution in [-0.2, 0) is 9.53 Å². The summed E-state index contributed by atoms with van der Waals surface area (Å²) in [6.45, 7) is 1.16. The maximum Gasteiger partial charge on any atom is 0.379 e. The maximum absolute atomic E-state index is 13.7. The topological polar surface area (TPSA) is 61.5 Å². The highest BCUT2D eigenvalue weighted by Gasteiger charge is 2.48. The molecule has 2 N–H and O–H groups in total. The van der Waals surface area contributed by atoms with Gasteiger partial charge in [0.05, 0.1) is 13.7 Å². The number of esters is 1. The van der Waals surface area contributed by atoms with E-state index in [0.717, 1.165) is 12.1 Å². The van der Waals surface area contributed by atoms with Crippen LogP contribution in [0.3, 0.4) is 0 Å². The molecule has 106 valence electrons. The monoisotopic (exact) mass is 277 g/mol. The summed E-state index contributed by atoms with van der Waals surface area (Å²) in [5.74, 6) is -6.60. The van der Waals surface area contributed by atoms with E-state index >= 15 is 0 Å². The second-order valence-electron chi connectivity index (χ2n) is 3.71. The van der Waals surface area contributed by atoms with Gasteiger partial charge in [-0.05, 0) is 25.1 Å². The van der Waals surface area contributed by atoms with Crippen molar-refractivity contribution in [3.8, 4) is 5.75 Å². The summed E-state index contributed by atoms with van der Waals surface area (Å²) >= 11 is 0. The van der Waals surface area contributed by atoms with E-state index in [9.17, 15) is 18.0 Å². The number of benzene rings is 1. The Kier molecular flexibility index (Phi) is 4.77. The van der Waals surface area contributed by atoms with Crippen molar-refractivity contribution >= 4 is 5.97 Å². The van der Waals surface area contributed by atoms with Gasteiger partial charge in [0.2, 0.25) is 0 Å². The van der Waals surface area contributed by atoms with Crippen molar-refractivity contribution in [1.29, 1.82) is 0 Å². The van der Waals surface area contributed by atoms with Crippen LogP contribution < -0.4 is 10.5 Å². The molecule has 0 aromatic heterocycles. The summed E-state index contributed by atoms with van der Waals surface area (Å²) in [5, 5.41) is 0. The molecule has 4 nitrogen and oxygen atoms in total. The van der Waals surface area contributed by atoms with Crippen molar-refractivity contribution in [3.05, 3.63) is 29.6 Å². The van der Waals surface area contributed by atoms with Crippen LogP contribution in [0.25, 0.3) is 0 Å². The van der Waals surface area contributed by atoms with Crippen LogP contribution in [0, 0.1) is 5.82 Å². The van der Waals surface area contributed by atoms with E-state index < -0.39 is 29.3 Å². The number of rotatable bonds is 5. The molecule has 0 saturated carbocycles. The zero-order valence-corrected chi connectivity index (χ0v) is 10.5. The maximum atomic E-state index is 13.7. The summed E-state index contributed by atoms with van der Waals surface area (Å²) in [6, 6.07) is 1.07. The smallest absolute Gasteiger partial charge is 0.379 e. The third kappa shape index (κ3) is 3.17. The van der Waals surface area contributed by atoms with Gasteiger partial charge in [-0.3, -0.25) is 0 Å². The number of ether oxygens (including phenoxy) is 2. The Labute approximate surface area is 108 Å². The van der Waals surface area contributed by atoms with Crippen molar-refractivity contribution in [2.75, 3.05) is 13.7 Å². The number of hydrogen-bond acceptors (Lipinski definition) is 4. The predicted octanol–water partition coefficient (Wildman–Crippen LogP) is 2.03.